The average molecular weight is 536 g/mol. The minimum absolute atomic E-state index is 0.145. The Kier molecular flexibility index (Phi) is 10.6. The highest BCUT2D eigenvalue weighted by molar-refractivity contribution is 5.99. The summed E-state index contributed by atoms with van der Waals surface area (Å²) in [6.07, 6.45) is -1.24. The van der Waals surface area contributed by atoms with E-state index in [9.17, 15) is 24.4 Å². The van der Waals surface area contributed by atoms with E-state index in [2.05, 4.69) is 10.6 Å². The van der Waals surface area contributed by atoms with Crippen LogP contribution in [0, 0.1) is 32.1 Å². The molecule has 0 saturated heterocycles. The lowest BCUT2D eigenvalue weighted by Crippen LogP contribution is -2.52. The smallest absolute Gasteiger partial charge is 0.408 e. The average Bonchev–Trinajstić information content (AvgIpc) is 2.80. The minimum Gasteiger partial charge on any atom is -0.444 e. The second kappa shape index (κ2) is 13.4. The molecule has 2 aromatic carbocycles. The van der Waals surface area contributed by atoms with Crippen molar-refractivity contribution in [1.29, 1.82) is 5.26 Å². The summed E-state index contributed by atoms with van der Waals surface area (Å²) in [6.45, 7) is 10.1. The Morgan fingerprint density at radius 1 is 1.05 bits per heavy atom. The van der Waals surface area contributed by atoms with Crippen LogP contribution in [0.1, 0.15) is 61.9 Å². The molecule has 10 heteroatoms. The van der Waals surface area contributed by atoms with Gasteiger partial charge in [0, 0.05) is 12.1 Å². The molecule has 208 valence electrons. The number of hydrogen-bond donors (Lipinski definition) is 3. The molecule has 0 radical (unpaired) electrons. The van der Waals surface area contributed by atoms with E-state index >= 15 is 0 Å². The SMILES string of the molecule is Cc1cc(C)cc(C(C(=O)Nc2ccccc2C)N(CC#N)C(=O)C(CCC(N)=O)NC(=O)OC(C)(C)C)c1. The number of amides is 4. The van der Waals surface area contributed by atoms with Crippen LogP contribution >= 0.6 is 0 Å². The number of primary amides is 1. The molecule has 0 aromatic heterocycles. The molecule has 0 aliphatic heterocycles. The van der Waals surface area contributed by atoms with E-state index in [0.717, 1.165) is 21.6 Å². The molecule has 10 nitrogen and oxygen atoms in total. The predicted octanol–water partition coefficient (Wildman–Crippen LogP) is 3.80. The molecule has 2 rings (SSSR count). The fourth-order valence-corrected chi connectivity index (χ4v) is 4.12. The topological polar surface area (TPSA) is 155 Å². The third-order valence-corrected chi connectivity index (χ3v) is 5.72. The summed E-state index contributed by atoms with van der Waals surface area (Å²) in [4.78, 5) is 53.0. The maximum atomic E-state index is 13.9. The maximum Gasteiger partial charge on any atom is 0.408 e. The summed E-state index contributed by atoms with van der Waals surface area (Å²) >= 11 is 0. The van der Waals surface area contributed by atoms with E-state index in [1.807, 2.05) is 45.0 Å². The summed E-state index contributed by atoms with van der Waals surface area (Å²) in [5.41, 5.74) is 8.06. The number of hydrogen-bond acceptors (Lipinski definition) is 6. The van der Waals surface area contributed by atoms with Crippen LogP contribution in [0.3, 0.4) is 0 Å². The molecule has 2 aromatic rings. The van der Waals surface area contributed by atoms with Crippen LogP contribution in [-0.4, -0.2) is 46.9 Å². The number of ether oxygens (including phenoxy) is 1. The normalized spacial score (nSPS) is 12.4. The largest absolute Gasteiger partial charge is 0.444 e. The van der Waals surface area contributed by atoms with Gasteiger partial charge in [0.1, 0.15) is 24.2 Å². The third-order valence-electron chi connectivity index (χ3n) is 5.72. The highest BCUT2D eigenvalue weighted by atomic mass is 16.6. The molecule has 2 atom stereocenters. The second-order valence-electron chi connectivity index (χ2n) is 10.5. The summed E-state index contributed by atoms with van der Waals surface area (Å²) in [5, 5.41) is 15.0. The number of nitriles is 1. The van der Waals surface area contributed by atoms with Gasteiger partial charge in [-0.1, -0.05) is 47.5 Å². The van der Waals surface area contributed by atoms with Crippen LogP contribution in [-0.2, 0) is 19.1 Å². The molecular formula is C29H37N5O5. The molecule has 0 aliphatic rings. The first-order chi connectivity index (χ1) is 18.2. The first-order valence-electron chi connectivity index (χ1n) is 12.6. The van der Waals surface area contributed by atoms with Crippen molar-refractivity contribution in [2.45, 2.75) is 72.1 Å². The molecule has 0 heterocycles. The molecule has 4 N–H and O–H groups in total. The van der Waals surface area contributed by atoms with Crippen molar-refractivity contribution in [3.8, 4) is 6.07 Å². The Labute approximate surface area is 229 Å². The van der Waals surface area contributed by atoms with Gasteiger partial charge in [-0.2, -0.15) is 5.26 Å². The van der Waals surface area contributed by atoms with E-state index < -0.39 is 48.0 Å². The van der Waals surface area contributed by atoms with Gasteiger partial charge in [-0.3, -0.25) is 14.4 Å². The van der Waals surface area contributed by atoms with Crippen molar-refractivity contribution in [2.75, 3.05) is 11.9 Å². The van der Waals surface area contributed by atoms with Gasteiger partial charge >= 0.3 is 6.09 Å². The number of benzene rings is 2. The maximum absolute atomic E-state index is 13.9. The van der Waals surface area contributed by atoms with Crippen molar-refractivity contribution < 1.29 is 23.9 Å². The van der Waals surface area contributed by atoms with Crippen LogP contribution in [0.4, 0.5) is 10.5 Å². The fourth-order valence-electron chi connectivity index (χ4n) is 4.12. The third kappa shape index (κ3) is 9.45. The van der Waals surface area contributed by atoms with Gasteiger partial charge in [-0.15, -0.1) is 0 Å². The van der Waals surface area contributed by atoms with Gasteiger partial charge in [0.2, 0.25) is 11.8 Å². The number of carbonyl (C=O) groups is 4. The number of nitrogens with two attached hydrogens (primary N) is 1. The Morgan fingerprint density at radius 2 is 1.67 bits per heavy atom. The highest BCUT2D eigenvalue weighted by Gasteiger charge is 2.36. The number of carbonyl (C=O) groups excluding carboxylic acids is 4. The molecule has 4 amide bonds. The van der Waals surface area contributed by atoms with E-state index in [-0.39, 0.29) is 12.8 Å². The van der Waals surface area contributed by atoms with Crippen molar-refractivity contribution in [3.63, 3.8) is 0 Å². The van der Waals surface area contributed by atoms with E-state index in [1.54, 1.807) is 45.0 Å². The van der Waals surface area contributed by atoms with Crippen LogP contribution in [0.25, 0.3) is 0 Å². The predicted molar refractivity (Wildman–Crippen MR) is 147 cm³/mol. The van der Waals surface area contributed by atoms with Crippen LogP contribution < -0.4 is 16.4 Å². The molecule has 39 heavy (non-hydrogen) atoms. The lowest BCUT2D eigenvalue weighted by molar-refractivity contribution is -0.140. The van der Waals surface area contributed by atoms with Crippen LogP contribution in [0.5, 0.6) is 0 Å². The molecule has 0 spiro atoms. The van der Waals surface area contributed by atoms with Gasteiger partial charge < -0.3 is 26.0 Å². The number of rotatable bonds is 10. The van der Waals surface area contributed by atoms with Crippen molar-refractivity contribution in [2.24, 2.45) is 5.73 Å². The molecule has 0 aliphatic carbocycles. The van der Waals surface area contributed by atoms with Gasteiger partial charge in [-0.05, 0) is 65.2 Å². The summed E-state index contributed by atoms with van der Waals surface area (Å²) in [6, 6.07) is 12.1. The lowest BCUT2D eigenvalue weighted by Gasteiger charge is -2.33. The number of nitrogens with zero attached hydrogens (tertiary/aromatic N) is 2. The van der Waals surface area contributed by atoms with E-state index in [4.69, 9.17) is 10.5 Å². The zero-order chi connectivity index (χ0) is 29.3. The fraction of sp³-hybridized carbons (Fsp3) is 0.414. The molecule has 0 fully saturated rings. The summed E-state index contributed by atoms with van der Waals surface area (Å²) in [5.74, 6) is -1.94. The monoisotopic (exact) mass is 535 g/mol. The first-order valence-corrected chi connectivity index (χ1v) is 12.6. The van der Waals surface area contributed by atoms with Gasteiger partial charge in [0.15, 0.2) is 0 Å². The zero-order valence-corrected chi connectivity index (χ0v) is 23.3. The van der Waals surface area contributed by atoms with Crippen molar-refractivity contribution in [1.82, 2.24) is 10.2 Å². The molecule has 0 bridgehead atoms. The Bertz CT molecular complexity index is 1240. The number of para-hydroxylation sites is 1. The standard InChI is InChI=1S/C29H37N5O5/c1-18-15-19(2)17-21(16-18)25(26(36)32-22-10-8-7-9-20(22)3)34(14-13-30)27(37)23(11-12-24(31)35)33-28(38)39-29(4,5)6/h7-10,15-17,23,25H,11-12,14H2,1-6H3,(H2,31,35)(H,32,36)(H,33,38). The second-order valence-corrected chi connectivity index (χ2v) is 10.5. The minimum atomic E-state index is -1.28. The number of nitrogens with one attached hydrogen (secondary N) is 2. The Hall–Kier alpha value is -4.39. The van der Waals surface area contributed by atoms with Crippen molar-refractivity contribution in [3.05, 3.63) is 64.7 Å². The van der Waals surface area contributed by atoms with Gasteiger partial charge in [-0.25, -0.2) is 4.79 Å². The lowest BCUT2D eigenvalue weighted by atomic mass is 9.97. The quantitative estimate of drug-likeness (QED) is 0.393. The number of aryl methyl sites for hydroxylation is 3. The van der Waals surface area contributed by atoms with E-state index in [1.165, 1.54) is 0 Å². The van der Waals surface area contributed by atoms with Gasteiger partial charge in [0.05, 0.1) is 6.07 Å². The molecule has 0 saturated carbocycles. The van der Waals surface area contributed by atoms with Gasteiger partial charge in [0.25, 0.3) is 5.91 Å². The first kappa shape index (κ1) is 30.8. The molecular weight excluding hydrogens is 498 g/mol. The van der Waals surface area contributed by atoms with Crippen LogP contribution in [0.2, 0.25) is 0 Å². The Morgan fingerprint density at radius 3 is 2.21 bits per heavy atom. The van der Waals surface area contributed by atoms with E-state index in [0.29, 0.717) is 11.3 Å². The summed E-state index contributed by atoms with van der Waals surface area (Å²) in [7, 11) is 0. The van der Waals surface area contributed by atoms with Crippen molar-refractivity contribution >= 4 is 29.5 Å². The van der Waals surface area contributed by atoms with Crippen LogP contribution in [0.15, 0.2) is 42.5 Å². The summed E-state index contributed by atoms with van der Waals surface area (Å²) < 4.78 is 5.30. The highest BCUT2D eigenvalue weighted by Crippen LogP contribution is 2.27. The number of alkyl carbamates (subject to hydrolysis) is 1. The molecule has 2 unspecified atom stereocenters. The Balaban J connectivity index is 2.57. The number of anilines is 1. The zero-order valence-electron chi connectivity index (χ0n) is 23.3.